The molecule has 2 fully saturated rings. The molecular weight excluding hydrogens is 306 g/mol. The molecule has 104 valence electrons. The first-order valence-corrected chi connectivity index (χ1v) is 7.73. The first-order valence-electron chi connectivity index (χ1n) is 6.94. The first-order chi connectivity index (χ1) is 9.16. The van der Waals surface area contributed by atoms with Crippen molar-refractivity contribution in [2.45, 2.75) is 36.8 Å². The standard InChI is InChI=1S/C15H20BrNO2/c16-14-4-2-1-3-13(14)11-7-12(8-11)17-9-15(18)5-6-19-10-15/h1-4,11-12,17-18H,5-10H2. The fraction of sp³-hybridized carbons (Fsp3) is 0.600. The smallest absolute Gasteiger partial charge is 0.102 e. The second kappa shape index (κ2) is 5.52. The molecular formula is C15H20BrNO2. The molecule has 1 aliphatic carbocycles. The van der Waals surface area contributed by atoms with Gasteiger partial charge in [-0.1, -0.05) is 34.1 Å². The molecule has 0 amide bonds. The first kappa shape index (κ1) is 13.6. The molecule has 0 bridgehead atoms. The lowest BCUT2D eigenvalue weighted by molar-refractivity contribution is 0.0216. The van der Waals surface area contributed by atoms with Crippen molar-refractivity contribution >= 4 is 15.9 Å². The molecule has 1 saturated heterocycles. The number of nitrogens with one attached hydrogen (secondary N) is 1. The van der Waals surface area contributed by atoms with Crippen molar-refractivity contribution in [3.8, 4) is 0 Å². The van der Waals surface area contributed by atoms with Gasteiger partial charge in [0, 0.05) is 30.1 Å². The lowest BCUT2D eigenvalue weighted by atomic mass is 9.75. The monoisotopic (exact) mass is 325 g/mol. The molecule has 0 spiro atoms. The van der Waals surface area contributed by atoms with Gasteiger partial charge in [-0.2, -0.15) is 0 Å². The lowest BCUT2D eigenvalue weighted by Crippen LogP contribution is -2.48. The minimum absolute atomic E-state index is 0.473. The highest BCUT2D eigenvalue weighted by Crippen LogP contribution is 2.40. The summed E-state index contributed by atoms with van der Waals surface area (Å²) in [6.45, 7) is 1.81. The van der Waals surface area contributed by atoms with Gasteiger partial charge in [-0.3, -0.25) is 0 Å². The third-order valence-electron chi connectivity index (χ3n) is 4.29. The van der Waals surface area contributed by atoms with Crippen LogP contribution in [0.3, 0.4) is 0 Å². The summed E-state index contributed by atoms with van der Waals surface area (Å²) in [4.78, 5) is 0. The number of hydrogen-bond acceptors (Lipinski definition) is 3. The van der Waals surface area contributed by atoms with E-state index in [0.717, 1.165) is 19.3 Å². The normalized spacial score (nSPS) is 34.2. The average molecular weight is 326 g/mol. The summed E-state index contributed by atoms with van der Waals surface area (Å²) >= 11 is 3.62. The van der Waals surface area contributed by atoms with Gasteiger partial charge in [0.2, 0.25) is 0 Å². The Morgan fingerprint density at radius 2 is 2.16 bits per heavy atom. The highest BCUT2D eigenvalue weighted by molar-refractivity contribution is 9.10. The molecule has 1 heterocycles. The van der Waals surface area contributed by atoms with Crippen molar-refractivity contribution in [2.24, 2.45) is 0 Å². The highest BCUT2D eigenvalue weighted by atomic mass is 79.9. The molecule has 1 atom stereocenters. The molecule has 2 N–H and O–H groups in total. The number of halogens is 1. The van der Waals surface area contributed by atoms with Gasteiger partial charge >= 0.3 is 0 Å². The third kappa shape index (κ3) is 3.02. The third-order valence-corrected chi connectivity index (χ3v) is 5.01. The van der Waals surface area contributed by atoms with Gasteiger partial charge in [0.05, 0.1) is 6.61 Å². The van der Waals surface area contributed by atoms with Crippen LogP contribution < -0.4 is 5.32 Å². The molecule has 3 nitrogen and oxygen atoms in total. The largest absolute Gasteiger partial charge is 0.386 e. The second-order valence-corrected chi connectivity index (χ2v) is 6.65. The maximum atomic E-state index is 10.2. The van der Waals surface area contributed by atoms with Crippen LogP contribution in [0.15, 0.2) is 28.7 Å². The Hall–Kier alpha value is -0.420. The van der Waals surface area contributed by atoms with E-state index in [1.54, 1.807) is 0 Å². The van der Waals surface area contributed by atoms with Crippen LogP contribution >= 0.6 is 15.9 Å². The number of rotatable bonds is 4. The maximum Gasteiger partial charge on any atom is 0.102 e. The van der Waals surface area contributed by atoms with Crippen molar-refractivity contribution in [2.75, 3.05) is 19.8 Å². The van der Waals surface area contributed by atoms with E-state index in [1.807, 2.05) is 0 Å². The SMILES string of the molecule is OC1(CNC2CC(c3ccccc3Br)C2)CCOC1. The van der Waals surface area contributed by atoms with Crippen molar-refractivity contribution in [1.82, 2.24) is 5.32 Å². The molecule has 4 heteroatoms. The van der Waals surface area contributed by atoms with Gasteiger partial charge < -0.3 is 15.2 Å². The summed E-state index contributed by atoms with van der Waals surface area (Å²) in [5.74, 6) is 0.641. The summed E-state index contributed by atoms with van der Waals surface area (Å²) in [7, 11) is 0. The van der Waals surface area contributed by atoms with Crippen LogP contribution in [0.5, 0.6) is 0 Å². The molecule has 19 heavy (non-hydrogen) atoms. The quantitative estimate of drug-likeness (QED) is 0.893. The molecule has 1 aromatic rings. The fourth-order valence-electron chi connectivity index (χ4n) is 2.91. The van der Waals surface area contributed by atoms with Gasteiger partial charge in [0.25, 0.3) is 0 Å². The van der Waals surface area contributed by atoms with Gasteiger partial charge in [0.15, 0.2) is 0 Å². The van der Waals surface area contributed by atoms with Crippen LogP contribution in [0, 0.1) is 0 Å². The minimum atomic E-state index is -0.640. The summed E-state index contributed by atoms with van der Waals surface area (Å²) in [5, 5.41) is 13.7. The summed E-state index contributed by atoms with van der Waals surface area (Å²) in [6, 6.07) is 8.98. The van der Waals surface area contributed by atoms with Crippen LogP contribution in [-0.2, 0) is 4.74 Å². The van der Waals surface area contributed by atoms with E-state index in [4.69, 9.17) is 4.74 Å². The Balaban J connectivity index is 1.47. The van der Waals surface area contributed by atoms with Gasteiger partial charge in [0.1, 0.15) is 5.60 Å². The Bertz CT molecular complexity index is 440. The lowest BCUT2D eigenvalue weighted by Gasteiger charge is -2.38. The molecule has 1 aromatic carbocycles. The van der Waals surface area contributed by atoms with Crippen molar-refractivity contribution in [3.63, 3.8) is 0 Å². The fourth-order valence-corrected chi connectivity index (χ4v) is 3.52. The average Bonchev–Trinajstić information content (AvgIpc) is 2.77. The van der Waals surface area contributed by atoms with Crippen LogP contribution in [-0.4, -0.2) is 36.5 Å². The summed E-state index contributed by atoms with van der Waals surface area (Å²) in [6.07, 6.45) is 3.06. The molecule has 3 rings (SSSR count). The van der Waals surface area contributed by atoms with E-state index in [-0.39, 0.29) is 0 Å². The van der Waals surface area contributed by atoms with E-state index in [0.29, 0.717) is 31.7 Å². The van der Waals surface area contributed by atoms with E-state index in [2.05, 4.69) is 45.5 Å². The zero-order valence-corrected chi connectivity index (χ0v) is 12.5. The number of hydrogen-bond donors (Lipinski definition) is 2. The zero-order valence-electron chi connectivity index (χ0n) is 10.9. The minimum Gasteiger partial charge on any atom is -0.386 e. The Labute approximate surface area is 122 Å². The van der Waals surface area contributed by atoms with Crippen molar-refractivity contribution in [3.05, 3.63) is 34.3 Å². The molecule has 0 aromatic heterocycles. The van der Waals surface area contributed by atoms with Crippen LogP contribution in [0.4, 0.5) is 0 Å². The number of ether oxygens (including phenoxy) is 1. The van der Waals surface area contributed by atoms with E-state index >= 15 is 0 Å². The van der Waals surface area contributed by atoms with Gasteiger partial charge in [-0.25, -0.2) is 0 Å². The number of benzene rings is 1. The van der Waals surface area contributed by atoms with Gasteiger partial charge in [-0.05, 0) is 30.4 Å². The predicted octanol–water partition coefficient (Wildman–Crippen LogP) is 2.44. The zero-order chi connectivity index (χ0) is 13.3. The summed E-state index contributed by atoms with van der Waals surface area (Å²) in [5.41, 5.74) is 0.766. The Morgan fingerprint density at radius 3 is 2.84 bits per heavy atom. The highest BCUT2D eigenvalue weighted by Gasteiger charge is 2.36. The molecule has 1 saturated carbocycles. The number of aliphatic hydroxyl groups is 1. The van der Waals surface area contributed by atoms with Gasteiger partial charge in [-0.15, -0.1) is 0 Å². The molecule has 2 aliphatic rings. The van der Waals surface area contributed by atoms with Crippen LogP contribution in [0.25, 0.3) is 0 Å². The van der Waals surface area contributed by atoms with E-state index in [9.17, 15) is 5.11 Å². The Kier molecular flexibility index (Phi) is 3.94. The Morgan fingerprint density at radius 1 is 1.37 bits per heavy atom. The maximum absolute atomic E-state index is 10.2. The predicted molar refractivity (Wildman–Crippen MR) is 78.3 cm³/mol. The molecule has 0 radical (unpaired) electrons. The summed E-state index contributed by atoms with van der Waals surface area (Å²) < 4.78 is 6.46. The molecule has 1 unspecified atom stereocenters. The van der Waals surface area contributed by atoms with Crippen LogP contribution in [0.2, 0.25) is 0 Å². The van der Waals surface area contributed by atoms with Crippen LogP contribution in [0.1, 0.15) is 30.7 Å². The topological polar surface area (TPSA) is 41.5 Å². The molecule has 1 aliphatic heterocycles. The van der Waals surface area contributed by atoms with Crippen molar-refractivity contribution < 1.29 is 9.84 Å². The van der Waals surface area contributed by atoms with E-state index < -0.39 is 5.60 Å². The van der Waals surface area contributed by atoms with E-state index in [1.165, 1.54) is 10.0 Å². The second-order valence-electron chi connectivity index (χ2n) is 5.79. The van der Waals surface area contributed by atoms with Crippen molar-refractivity contribution in [1.29, 1.82) is 0 Å².